The van der Waals surface area contributed by atoms with Gasteiger partial charge in [-0.25, -0.2) is 14.4 Å². The largest absolute Gasteiger partial charge is 0.477 e. The van der Waals surface area contributed by atoms with Gasteiger partial charge in [0.25, 0.3) is 0 Å². The van der Waals surface area contributed by atoms with E-state index in [1.807, 2.05) is 36.4 Å². The molecule has 6 heterocycles. The average molecular weight is 1020 g/mol. The minimum atomic E-state index is -1.03. The summed E-state index contributed by atoms with van der Waals surface area (Å²) in [7, 11) is 0. The molecule has 16 heteroatoms. The molecule has 0 aliphatic heterocycles. The SMILES string of the molecule is N#C/C(=C\c1ccc(-c2ccc(N(c3ccc(-c4ccc(/C=C(\C#N)c5ccc(C(=O)O)s5)s4)cc3)c3ccc(-c4ccc(/C=C(\C#N)c5ccc(C(=O)O)s5)s4)cc3)cc2)s1)c1ccc(C(=O)O)s1. The zero-order valence-corrected chi connectivity index (χ0v) is 40.8. The number of hydrogen-bond acceptors (Lipinski definition) is 13. The van der Waals surface area contributed by atoms with Crippen LogP contribution in [0.4, 0.5) is 17.1 Å². The van der Waals surface area contributed by atoms with Gasteiger partial charge < -0.3 is 20.2 Å². The van der Waals surface area contributed by atoms with Gasteiger partial charge in [-0.15, -0.1) is 68.0 Å². The maximum Gasteiger partial charge on any atom is 0.345 e. The third-order valence-corrected chi connectivity index (χ3v) is 17.1. The van der Waals surface area contributed by atoms with Crippen molar-refractivity contribution in [2.24, 2.45) is 0 Å². The first-order valence-corrected chi connectivity index (χ1v) is 25.6. The molecule has 6 aromatic heterocycles. The quantitative estimate of drug-likeness (QED) is 0.0834. The second-order valence-corrected chi connectivity index (χ2v) is 21.6. The first-order valence-electron chi connectivity index (χ1n) is 20.7. The molecule has 3 N–H and O–H groups in total. The fourth-order valence-electron chi connectivity index (χ4n) is 7.22. The lowest BCUT2D eigenvalue weighted by molar-refractivity contribution is 0.0691. The Kier molecular flexibility index (Phi) is 13.8. The van der Waals surface area contributed by atoms with Gasteiger partial charge in [0.2, 0.25) is 0 Å². The van der Waals surface area contributed by atoms with Crippen molar-refractivity contribution >= 4 is 138 Å². The van der Waals surface area contributed by atoms with Crippen LogP contribution in [0, 0.1) is 34.0 Å². The van der Waals surface area contributed by atoms with Gasteiger partial charge in [-0.2, -0.15) is 15.8 Å². The van der Waals surface area contributed by atoms with Crippen LogP contribution in [0.25, 0.3) is 66.3 Å². The highest BCUT2D eigenvalue weighted by atomic mass is 32.1. The van der Waals surface area contributed by atoms with E-state index in [9.17, 15) is 45.5 Å². The van der Waals surface area contributed by atoms with E-state index in [-0.39, 0.29) is 14.6 Å². The van der Waals surface area contributed by atoms with Gasteiger partial charge >= 0.3 is 17.9 Å². The van der Waals surface area contributed by atoms with Crippen molar-refractivity contribution in [3.8, 4) is 49.5 Å². The second kappa shape index (κ2) is 20.5. The number of anilines is 3. The predicted octanol–water partition coefficient (Wildman–Crippen LogP) is 15.8. The first-order chi connectivity index (χ1) is 34.0. The number of benzene rings is 3. The summed E-state index contributed by atoms with van der Waals surface area (Å²) in [6, 6.07) is 52.6. The lowest BCUT2D eigenvalue weighted by atomic mass is 10.1. The molecule has 0 aliphatic carbocycles. The number of carboxylic acids is 3. The molecule has 0 radical (unpaired) electrons. The van der Waals surface area contributed by atoms with Crippen LogP contribution >= 0.6 is 68.0 Å². The van der Waals surface area contributed by atoms with Gasteiger partial charge in [-0.05, 0) is 144 Å². The van der Waals surface area contributed by atoms with Gasteiger partial charge in [0.15, 0.2) is 0 Å². The van der Waals surface area contributed by atoms with Crippen LogP contribution in [0.1, 0.15) is 58.3 Å². The zero-order chi connectivity index (χ0) is 48.9. The normalized spacial score (nSPS) is 11.7. The maximum atomic E-state index is 11.4. The molecule has 338 valence electrons. The number of rotatable bonds is 15. The van der Waals surface area contributed by atoms with Crippen molar-refractivity contribution in [3.05, 3.63) is 189 Å². The third-order valence-electron chi connectivity index (χ3n) is 10.6. The van der Waals surface area contributed by atoms with Gasteiger partial charge in [0.05, 0.1) is 16.7 Å². The van der Waals surface area contributed by atoms with Gasteiger partial charge in [0, 0.05) is 61.0 Å². The van der Waals surface area contributed by atoms with Crippen molar-refractivity contribution < 1.29 is 29.7 Å². The monoisotopic (exact) mass is 1020 g/mol. The number of hydrogen-bond donors (Lipinski definition) is 3. The van der Waals surface area contributed by atoms with Crippen molar-refractivity contribution in [1.29, 1.82) is 15.8 Å². The van der Waals surface area contributed by atoms with Crippen molar-refractivity contribution in [3.63, 3.8) is 0 Å². The van der Waals surface area contributed by atoms with Crippen LogP contribution in [0.15, 0.2) is 146 Å². The zero-order valence-electron chi connectivity index (χ0n) is 35.9. The summed E-state index contributed by atoms with van der Waals surface area (Å²) in [5.41, 5.74) is 6.82. The maximum absolute atomic E-state index is 11.4. The molecule has 0 unspecified atom stereocenters. The van der Waals surface area contributed by atoms with E-state index in [0.717, 1.165) is 97.0 Å². The Morgan fingerprint density at radius 1 is 0.357 bits per heavy atom. The molecule has 0 aliphatic rings. The lowest BCUT2D eigenvalue weighted by Gasteiger charge is -2.26. The highest BCUT2D eigenvalue weighted by molar-refractivity contribution is 7.18. The summed E-state index contributed by atoms with van der Waals surface area (Å²) in [5, 5.41) is 57.8. The van der Waals surface area contributed by atoms with Crippen LogP contribution in [0.3, 0.4) is 0 Å². The molecule has 0 spiro atoms. The Labute approximate surface area is 424 Å². The predicted molar refractivity (Wildman–Crippen MR) is 285 cm³/mol. The molecule has 0 amide bonds. The van der Waals surface area contributed by atoms with E-state index in [1.54, 1.807) is 36.4 Å². The summed E-state index contributed by atoms with van der Waals surface area (Å²) in [6.45, 7) is 0. The third kappa shape index (κ3) is 10.3. The average Bonchev–Trinajstić information content (AvgIpc) is 4.24. The van der Waals surface area contributed by atoms with E-state index in [2.05, 4.69) is 95.9 Å². The van der Waals surface area contributed by atoms with E-state index >= 15 is 0 Å². The molecule has 10 nitrogen and oxygen atoms in total. The van der Waals surface area contributed by atoms with Crippen LogP contribution in [-0.2, 0) is 0 Å². The smallest absolute Gasteiger partial charge is 0.345 e. The summed E-state index contributed by atoms with van der Waals surface area (Å²) >= 11 is 7.77. The Morgan fingerprint density at radius 2 is 0.614 bits per heavy atom. The number of carbonyl (C=O) groups is 3. The molecule has 0 saturated carbocycles. The second-order valence-electron chi connectivity index (χ2n) is 15.0. The molecule has 0 fully saturated rings. The molecule has 3 aromatic carbocycles. The molecule has 0 saturated heterocycles. The highest BCUT2D eigenvalue weighted by Gasteiger charge is 2.17. The van der Waals surface area contributed by atoms with E-state index < -0.39 is 17.9 Å². The van der Waals surface area contributed by atoms with Crippen molar-refractivity contribution in [2.45, 2.75) is 0 Å². The topological polar surface area (TPSA) is 187 Å². The molecule has 70 heavy (non-hydrogen) atoms. The van der Waals surface area contributed by atoms with Crippen molar-refractivity contribution in [2.75, 3.05) is 4.90 Å². The highest BCUT2D eigenvalue weighted by Crippen LogP contribution is 2.41. The number of thiophene rings is 6. The Hall–Kier alpha value is -8.24. The molecule has 9 rings (SSSR count). The van der Waals surface area contributed by atoms with Gasteiger partial charge in [-0.3, -0.25) is 0 Å². The summed E-state index contributed by atoms with van der Waals surface area (Å²) in [4.78, 5) is 44.3. The minimum absolute atomic E-state index is 0.169. The lowest BCUT2D eigenvalue weighted by Crippen LogP contribution is -2.09. The summed E-state index contributed by atoms with van der Waals surface area (Å²) in [5.74, 6) is -3.09. The van der Waals surface area contributed by atoms with Crippen LogP contribution in [0.2, 0.25) is 0 Å². The van der Waals surface area contributed by atoms with Gasteiger partial charge in [-0.1, -0.05) is 36.4 Å². The molecule has 0 atom stereocenters. The van der Waals surface area contributed by atoms with E-state index in [1.165, 1.54) is 52.2 Å². The molecular weight excluding hydrogens is 993 g/mol. The van der Waals surface area contributed by atoms with E-state index in [0.29, 0.717) is 31.4 Å². The molecule has 0 bridgehead atoms. The summed E-state index contributed by atoms with van der Waals surface area (Å²) < 4.78 is 0. The van der Waals surface area contributed by atoms with Crippen LogP contribution in [-0.4, -0.2) is 33.2 Å². The number of carboxylic acid groups (broad SMARTS) is 3. The molecular formula is C54H30N4O6S6. The number of nitriles is 3. The minimum Gasteiger partial charge on any atom is -0.477 e. The Morgan fingerprint density at radius 3 is 0.843 bits per heavy atom. The van der Waals surface area contributed by atoms with Crippen LogP contribution < -0.4 is 4.90 Å². The van der Waals surface area contributed by atoms with Gasteiger partial charge in [0.1, 0.15) is 32.8 Å². The fraction of sp³-hybridized carbons (Fsp3) is 0. The van der Waals surface area contributed by atoms with Crippen LogP contribution in [0.5, 0.6) is 0 Å². The Bertz CT molecular complexity index is 3300. The standard InChI is InChI=1S/C54H30N4O6S6/c55-28-34(46-19-22-49(68-46)52(59)60)25-40-13-16-43(65-40)31-1-7-37(8-2-31)58(38-9-3-32(4-10-38)44-17-14-41(66-44)26-35(29-56)47-20-23-50(69-47)53(61)62)39-11-5-33(6-12-39)45-18-15-42(67-45)27-36(30-57)48-21-24-51(70-48)54(63)64/h1-27H,(H,59,60)(H,61,62)(H,63,64)/b34-25+,35-26+,36-27+. The number of allylic oxidation sites excluding steroid dienone is 3. The Balaban J connectivity index is 1.00. The fourth-order valence-corrected chi connectivity index (χ4v) is 12.5. The number of nitrogens with zero attached hydrogens (tertiary/aromatic N) is 4. The summed E-state index contributed by atoms with van der Waals surface area (Å²) in [6.07, 6.45) is 5.32. The van der Waals surface area contributed by atoms with Crippen molar-refractivity contribution in [1.82, 2.24) is 0 Å². The van der Waals surface area contributed by atoms with E-state index in [4.69, 9.17) is 0 Å². The number of aromatic carboxylic acids is 3. The molecule has 9 aromatic rings. The first kappa shape index (κ1) is 46.9.